The highest BCUT2D eigenvalue weighted by Gasteiger charge is 2.39. The Hall–Kier alpha value is -2.65. The number of nitrogens with zero attached hydrogens (tertiary/aromatic N) is 2. The second kappa shape index (κ2) is 7.49. The third-order valence-electron chi connectivity index (χ3n) is 6.94. The number of fused-ring (bicyclic) bond motifs is 3. The maximum atomic E-state index is 15.1. The monoisotopic (exact) mass is 421 g/mol. The topological polar surface area (TPSA) is 67.0 Å². The molecule has 0 bridgehead atoms. The number of hydrogen-bond donors (Lipinski definition) is 1. The molecule has 1 aliphatic heterocycles. The molecule has 5 rings (SSSR count). The molecule has 1 aromatic carbocycles. The molecule has 31 heavy (non-hydrogen) atoms. The van der Waals surface area contributed by atoms with E-state index in [0.717, 1.165) is 54.6 Å². The molecule has 1 fully saturated rings. The van der Waals surface area contributed by atoms with Gasteiger partial charge < -0.3 is 14.6 Å². The second-order valence-corrected chi connectivity index (χ2v) is 9.96. The van der Waals surface area contributed by atoms with E-state index in [2.05, 4.69) is 19.2 Å². The maximum Gasteiger partial charge on any atom is 0.165 e. The van der Waals surface area contributed by atoms with E-state index in [-0.39, 0.29) is 22.8 Å². The van der Waals surface area contributed by atoms with E-state index in [4.69, 9.17) is 4.74 Å². The van der Waals surface area contributed by atoms with Crippen LogP contribution in [0.1, 0.15) is 85.2 Å². The number of anilines is 1. The number of hydrogen-bond acceptors (Lipinski definition) is 4. The average Bonchev–Trinajstić information content (AvgIpc) is 3.27. The summed E-state index contributed by atoms with van der Waals surface area (Å²) in [7, 11) is 0. The van der Waals surface area contributed by atoms with E-state index in [9.17, 15) is 10.1 Å². The van der Waals surface area contributed by atoms with Gasteiger partial charge in [0.05, 0.1) is 30.3 Å². The van der Waals surface area contributed by atoms with Crippen LogP contribution in [-0.2, 0) is 24.4 Å². The SMILES string of the molecule is CC1(C)CC(=O)c2c3c(n(-c4cc(F)c(C#N)c(NC5CCCCC5)c4)c2C1)COC3. The van der Waals surface area contributed by atoms with Gasteiger partial charge in [0, 0.05) is 29.3 Å². The number of ketones is 1. The van der Waals surface area contributed by atoms with Crippen LogP contribution in [0, 0.1) is 22.6 Å². The van der Waals surface area contributed by atoms with Gasteiger partial charge in [-0.05, 0) is 36.8 Å². The fourth-order valence-electron chi connectivity index (χ4n) is 5.55. The number of carbonyl (C=O) groups excluding carboxylic acids is 1. The van der Waals surface area contributed by atoms with Crippen LogP contribution in [0.2, 0.25) is 0 Å². The zero-order valence-electron chi connectivity index (χ0n) is 18.2. The number of carbonyl (C=O) groups is 1. The lowest BCUT2D eigenvalue weighted by molar-refractivity contribution is 0.0900. The van der Waals surface area contributed by atoms with Crippen LogP contribution in [0.4, 0.5) is 10.1 Å². The largest absolute Gasteiger partial charge is 0.381 e. The summed E-state index contributed by atoms with van der Waals surface area (Å²) >= 11 is 0. The smallest absolute Gasteiger partial charge is 0.165 e. The average molecular weight is 422 g/mol. The zero-order valence-corrected chi connectivity index (χ0v) is 18.2. The molecule has 0 atom stereocenters. The van der Waals surface area contributed by atoms with Crippen LogP contribution in [0.5, 0.6) is 0 Å². The molecule has 0 saturated heterocycles. The zero-order chi connectivity index (χ0) is 21.8. The minimum absolute atomic E-state index is 0.0552. The normalized spacial score (nSPS) is 20.3. The van der Waals surface area contributed by atoms with Gasteiger partial charge >= 0.3 is 0 Å². The number of aromatic nitrogens is 1. The summed E-state index contributed by atoms with van der Waals surface area (Å²) in [5.41, 5.74) is 4.69. The third kappa shape index (κ3) is 3.45. The molecular weight excluding hydrogens is 393 g/mol. The predicted molar refractivity (Wildman–Crippen MR) is 116 cm³/mol. The summed E-state index contributed by atoms with van der Waals surface area (Å²) in [6.45, 7) is 5.02. The first-order valence-electron chi connectivity index (χ1n) is 11.2. The quantitative estimate of drug-likeness (QED) is 0.719. The highest BCUT2D eigenvalue weighted by molar-refractivity contribution is 6.01. The Morgan fingerprint density at radius 1 is 1.16 bits per heavy atom. The van der Waals surface area contributed by atoms with Crippen molar-refractivity contribution < 1.29 is 13.9 Å². The van der Waals surface area contributed by atoms with Gasteiger partial charge in [0.25, 0.3) is 0 Å². The van der Waals surface area contributed by atoms with Gasteiger partial charge in [-0.2, -0.15) is 5.26 Å². The third-order valence-corrected chi connectivity index (χ3v) is 6.94. The van der Waals surface area contributed by atoms with Crippen molar-refractivity contribution in [2.75, 3.05) is 5.32 Å². The highest BCUT2D eigenvalue weighted by atomic mass is 19.1. The van der Waals surface area contributed by atoms with Crippen molar-refractivity contribution in [3.05, 3.63) is 46.0 Å². The fraction of sp³-hybridized carbons (Fsp3) is 0.520. The van der Waals surface area contributed by atoms with Gasteiger partial charge in [0.15, 0.2) is 5.78 Å². The molecule has 0 amide bonds. The summed E-state index contributed by atoms with van der Waals surface area (Å²) in [6.07, 6.45) is 6.83. The molecule has 5 nitrogen and oxygen atoms in total. The molecule has 2 heterocycles. The molecule has 0 spiro atoms. The summed E-state index contributed by atoms with van der Waals surface area (Å²) in [4.78, 5) is 13.0. The number of benzene rings is 1. The van der Waals surface area contributed by atoms with E-state index in [1.807, 2.05) is 16.7 Å². The number of nitrogens with one attached hydrogen (secondary N) is 1. The van der Waals surface area contributed by atoms with Gasteiger partial charge in [0.1, 0.15) is 17.4 Å². The molecule has 1 aromatic heterocycles. The molecule has 6 heteroatoms. The molecule has 2 aliphatic carbocycles. The number of halogens is 1. The molecule has 0 radical (unpaired) electrons. The lowest BCUT2D eigenvalue weighted by Gasteiger charge is -2.30. The van der Waals surface area contributed by atoms with Crippen molar-refractivity contribution in [3.8, 4) is 11.8 Å². The van der Waals surface area contributed by atoms with E-state index in [0.29, 0.717) is 31.0 Å². The number of Topliss-reactive ketones (excluding diaryl/α,β-unsaturated/α-hetero) is 1. The Balaban J connectivity index is 1.65. The Morgan fingerprint density at radius 2 is 1.94 bits per heavy atom. The Kier molecular flexibility index (Phi) is 4.90. The molecule has 162 valence electrons. The van der Waals surface area contributed by atoms with Crippen molar-refractivity contribution in [2.45, 2.75) is 78.0 Å². The summed E-state index contributed by atoms with van der Waals surface area (Å²) in [6, 6.07) is 5.59. The first kappa shape index (κ1) is 20.3. The van der Waals surface area contributed by atoms with Crippen molar-refractivity contribution >= 4 is 11.5 Å². The van der Waals surface area contributed by atoms with Crippen LogP contribution >= 0.6 is 0 Å². The minimum Gasteiger partial charge on any atom is -0.381 e. The minimum atomic E-state index is -0.533. The molecule has 1 saturated carbocycles. The Bertz CT molecular complexity index is 1100. The molecular formula is C25H28FN3O2. The van der Waals surface area contributed by atoms with Crippen molar-refractivity contribution in [1.82, 2.24) is 4.57 Å². The standard InChI is InChI=1S/C25H28FN3O2/c1-25(2)10-21-24(23(30)11-25)18-13-31-14-22(18)29(21)16-8-19(26)17(12-27)20(9-16)28-15-6-4-3-5-7-15/h8-9,15,28H,3-7,10-11,13-14H2,1-2H3. The van der Waals surface area contributed by atoms with Gasteiger partial charge in [-0.1, -0.05) is 33.1 Å². The maximum absolute atomic E-state index is 15.1. The van der Waals surface area contributed by atoms with Crippen LogP contribution in [-0.4, -0.2) is 16.4 Å². The second-order valence-electron chi connectivity index (χ2n) is 9.96. The van der Waals surface area contributed by atoms with E-state index < -0.39 is 5.82 Å². The summed E-state index contributed by atoms with van der Waals surface area (Å²) in [5, 5.41) is 13.0. The van der Waals surface area contributed by atoms with Gasteiger partial charge in [-0.15, -0.1) is 0 Å². The first-order chi connectivity index (χ1) is 14.9. The fourth-order valence-corrected chi connectivity index (χ4v) is 5.55. The predicted octanol–water partition coefficient (Wildman–Crippen LogP) is 5.42. The number of nitriles is 1. The molecule has 0 unspecified atom stereocenters. The van der Waals surface area contributed by atoms with Gasteiger partial charge in [0.2, 0.25) is 0 Å². The summed E-state index contributed by atoms with van der Waals surface area (Å²) < 4.78 is 22.8. The Morgan fingerprint density at radius 3 is 2.68 bits per heavy atom. The van der Waals surface area contributed by atoms with Crippen LogP contribution in [0.25, 0.3) is 5.69 Å². The number of ether oxygens (including phenoxy) is 1. The lowest BCUT2D eigenvalue weighted by Crippen LogP contribution is -2.28. The van der Waals surface area contributed by atoms with E-state index >= 15 is 4.39 Å². The van der Waals surface area contributed by atoms with Gasteiger partial charge in [-0.25, -0.2) is 4.39 Å². The highest BCUT2D eigenvalue weighted by Crippen LogP contribution is 2.43. The van der Waals surface area contributed by atoms with Crippen molar-refractivity contribution in [3.63, 3.8) is 0 Å². The Labute approximate surface area is 182 Å². The molecule has 1 N–H and O–H groups in total. The lowest BCUT2D eigenvalue weighted by atomic mass is 9.75. The van der Waals surface area contributed by atoms with Crippen molar-refractivity contribution in [2.24, 2.45) is 5.41 Å². The first-order valence-corrected chi connectivity index (χ1v) is 11.2. The van der Waals surface area contributed by atoms with E-state index in [1.54, 1.807) is 0 Å². The molecule has 3 aliphatic rings. The van der Waals surface area contributed by atoms with E-state index in [1.165, 1.54) is 12.5 Å². The van der Waals surface area contributed by atoms with Crippen LogP contribution < -0.4 is 5.32 Å². The molecule has 2 aromatic rings. The van der Waals surface area contributed by atoms with Crippen molar-refractivity contribution in [1.29, 1.82) is 5.26 Å². The van der Waals surface area contributed by atoms with Crippen LogP contribution in [0.15, 0.2) is 12.1 Å². The van der Waals surface area contributed by atoms with Crippen LogP contribution in [0.3, 0.4) is 0 Å². The number of rotatable bonds is 3. The van der Waals surface area contributed by atoms with Gasteiger partial charge in [-0.3, -0.25) is 4.79 Å². The summed E-state index contributed by atoms with van der Waals surface area (Å²) in [5.74, 6) is -0.392.